The van der Waals surface area contributed by atoms with E-state index in [1.165, 1.54) is 11.1 Å². The smallest absolute Gasteiger partial charge is 0.161 e. The van der Waals surface area contributed by atoms with Crippen LogP contribution in [0.3, 0.4) is 0 Å². The number of benzene rings is 2. The molecule has 2 rings (SSSR count). The number of rotatable bonds is 6. The van der Waals surface area contributed by atoms with Gasteiger partial charge in [0.05, 0.1) is 7.11 Å². The Hall–Kier alpha value is -2.22. The Bertz CT molecular complexity index is 600. The van der Waals surface area contributed by atoms with Gasteiger partial charge in [-0.1, -0.05) is 49.4 Å². The average Bonchev–Trinajstić information content (AvgIpc) is 2.55. The molecule has 2 heteroatoms. The van der Waals surface area contributed by atoms with Gasteiger partial charge in [0.1, 0.15) is 6.61 Å². The minimum absolute atomic E-state index is 0.542. The van der Waals surface area contributed by atoms with Crippen molar-refractivity contribution >= 4 is 5.57 Å². The van der Waals surface area contributed by atoms with Crippen molar-refractivity contribution in [3.05, 3.63) is 65.7 Å². The Labute approximate surface area is 127 Å². The van der Waals surface area contributed by atoms with Crippen LogP contribution in [0.25, 0.3) is 5.57 Å². The molecule has 0 fully saturated rings. The second kappa shape index (κ2) is 7.53. The minimum Gasteiger partial charge on any atom is -0.493 e. The van der Waals surface area contributed by atoms with Crippen molar-refractivity contribution in [3.8, 4) is 11.5 Å². The molecule has 0 amide bonds. The lowest BCUT2D eigenvalue weighted by molar-refractivity contribution is 0.284. The molecule has 0 radical (unpaired) electrons. The lowest BCUT2D eigenvalue weighted by atomic mass is 10.0. The van der Waals surface area contributed by atoms with Crippen molar-refractivity contribution in [1.29, 1.82) is 0 Å². The molecule has 0 aliphatic rings. The first-order valence-electron chi connectivity index (χ1n) is 7.28. The fourth-order valence-electron chi connectivity index (χ4n) is 2.30. The summed E-state index contributed by atoms with van der Waals surface area (Å²) < 4.78 is 11.3. The van der Waals surface area contributed by atoms with E-state index in [-0.39, 0.29) is 0 Å². The van der Waals surface area contributed by atoms with Gasteiger partial charge in [-0.25, -0.2) is 0 Å². The van der Waals surface area contributed by atoms with Gasteiger partial charge in [0.2, 0.25) is 0 Å². The molecular weight excluding hydrogens is 260 g/mol. The molecule has 0 N–H and O–H groups in total. The van der Waals surface area contributed by atoms with E-state index in [1.807, 2.05) is 30.3 Å². The summed E-state index contributed by atoms with van der Waals surface area (Å²) in [5.74, 6) is 1.55. The monoisotopic (exact) mass is 282 g/mol. The topological polar surface area (TPSA) is 18.5 Å². The predicted molar refractivity (Wildman–Crippen MR) is 87.7 cm³/mol. The van der Waals surface area contributed by atoms with Crippen LogP contribution in [-0.2, 0) is 6.61 Å². The largest absolute Gasteiger partial charge is 0.493 e. The second-order valence-electron chi connectivity index (χ2n) is 4.81. The number of hydrogen-bond acceptors (Lipinski definition) is 2. The first-order valence-corrected chi connectivity index (χ1v) is 7.28. The van der Waals surface area contributed by atoms with E-state index in [9.17, 15) is 0 Å². The Morgan fingerprint density at radius 3 is 2.43 bits per heavy atom. The van der Waals surface area contributed by atoms with E-state index in [1.54, 1.807) is 7.11 Å². The van der Waals surface area contributed by atoms with Crippen molar-refractivity contribution < 1.29 is 9.47 Å². The number of methoxy groups -OCH3 is 1. The Morgan fingerprint density at radius 2 is 1.81 bits per heavy atom. The van der Waals surface area contributed by atoms with Gasteiger partial charge in [-0.3, -0.25) is 0 Å². The van der Waals surface area contributed by atoms with Gasteiger partial charge in [-0.05, 0) is 42.2 Å². The molecule has 110 valence electrons. The fourth-order valence-corrected chi connectivity index (χ4v) is 2.30. The Morgan fingerprint density at radius 1 is 1.05 bits per heavy atom. The van der Waals surface area contributed by atoms with Crippen LogP contribution < -0.4 is 9.47 Å². The van der Waals surface area contributed by atoms with E-state index in [0.29, 0.717) is 6.61 Å². The molecule has 0 spiro atoms. The highest BCUT2D eigenvalue weighted by molar-refractivity contribution is 5.67. The predicted octanol–water partition coefficient (Wildman–Crippen LogP) is 5.09. The van der Waals surface area contributed by atoms with Crippen molar-refractivity contribution in [2.75, 3.05) is 7.11 Å². The fraction of sp³-hybridized carbons (Fsp3) is 0.263. The highest BCUT2D eigenvalue weighted by Gasteiger charge is 2.08. The summed E-state index contributed by atoms with van der Waals surface area (Å²) in [4.78, 5) is 0. The van der Waals surface area contributed by atoms with Gasteiger partial charge in [0, 0.05) is 0 Å². The molecule has 0 aliphatic carbocycles. The summed E-state index contributed by atoms with van der Waals surface area (Å²) in [5.41, 5.74) is 3.64. The number of allylic oxidation sites excluding steroid dienone is 2. The van der Waals surface area contributed by atoms with Gasteiger partial charge in [-0.15, -0.1) is 0 Å². The molecule has 2 nitrogen and oxygen atoms in total. The van der Waals surface area contributed by atoms with Crippen molar-refractivity contribution in [2.24, 2.45) is 0 Å². The molecule has 0 atom stereocenters. The van der Waals surface area contributed by atoms with Crippen molar-refractivity contribution in [1.82, 2.24) is 0 Å². The minimum atomic E-state index is 0.542. The first-order chi connectivity index (χ1) is 10.3. The van der Waals surface area contributed by atoms with Crippen LogP contribution >= 0.6 is 0 Å². The van der Waals surface area contributed by atoms with Gasteiger partial charge >= 0.3 is 0 Å². The molecule has 21 heavy (non-hydrogen) atoms. The zero-order chi connectivity index (χ0) is 15.1. The first kappa shape index (κ1) is 15.2. The Balaban J connectivity index is 2.17. The maximum atomic E-state index is 5.87. The van der Waals surface area contributed by atoms with Crippen LogP contribution in [-0.4, -0.2) is 7.11 Å². The van der Waals surface area contributed by atoms with Crippen LogP contribution in [0.15, 0.2) is 54.6 Å². The third kappa shape index (κ3) is 3.88. The number of hydrogen-bond donors (Lipinski definition) is 0. The second-order valence-corrected chi connectivity index (χ2v) is 4.81. The summed E-state index contributed by atoms with van der Waals surface area (Å²) >= 11 is 0. The third-order valence-corrected chi connectivity index (χ3v) is 3.50. The van der Waals surface area contributed by atoms with E-state index in [2.05, 4.69) is 38.1 Å². The van der Waals surface area contributed by atoms with E-state index in [0.717, 1.165) is 23.5 Å². The standard InChI is InChI=1S/C19H22O2/c1-4-16(5-2)17-11-12-18(19(13-17)20-3)21-14-15-9-7-6-8-10-15/h4,6-13H,5,14H2,1-3H3. The van der Waals surface area contributed by atoms with Crippen LogP contribution in [0.2, 0.25) is 0 Å². The molecule has 0 unspecified atom stereocenters. The van der Waals surface area contributed by atoms with Gasteiger partial charge < -0.3 is 9.47 Å². The highest BCUT2D eigenvalue weighted by Crippen LogP contribution is 2.32. The lowest BCUT2D eigenvalue weighted by Gasteiger charge is -2.13. The normalized spacial score (nSPS) is 11.3. The van der Waals surface area contributed by atoms with E-state index < -0.39 is 0 Å². The summed E-state index contributed by atoms with van der Waals surface area (Å²) in [5, 5.41) is 0. The highest BCUT2D eigenvalue weighted by atomic mass is 16.5. The molecule has 0 bridgehead atoms. The molecule has 2 aromatic rings. The quantitative estimate of drug-likeness (QED) is 0.735. The summed E-state index contributed by atoms with van der Waals surface area (Å²) in [6.45, 7) is 4.76. The van der Waals surface area contributed by atoms with Crippen LogP contribution in [0, 0.1) is 0 Å². The molecule has 0 saturated heterocycles. The van der Waals surface area contributed by atoms with E-state index in [4.69, 9.17) is 9.47 Å². The molecular formula is C19H22O2. The third-order valence-electron chi connectivity index (χ3n) is 3.50. The zero-order valence-corrected chi connectivity index (χ0v) is 12.9. The molecule has 0 heterocycles. The molecule has 0 aliphatic heterocycles. The van der Waals surface area contributed by atoms with Crippen LogP contribution in [0.1, 0.15) is 31.4 Å². The Kier molecular flexibility index (Phi) is 5.44. The van der Waals surface area contributed by atoms with Crippen molar-refractivity contribution in [2.45, 2.75) is 26.9 Å². The maximum Gasteiger partial charge on any atom is 0.161 e. The molecule has 0 saturated carbocycles. The van der Waals surface area contributed by atoms with Gasteiger partial charge in [-0.2, -0.15) is 0 Å². The van der Waals surface area contributed by atoms with Crippen LogP contribution in [0.4, 0.5) is 0 Å². The molecule has 2 aromatic carbocycles. The van der Waals surface area contributed by atoms with E-state index >= 15 is 0 Å². The van der Waals surface area contributed by atoms with Crippen molar-refractivity contribution in [3.63, 3.8) is 0 Å². The SMILES string of the molecule is CC=C(CC)c1ccc(OCc2ccccc2)c(OC)c1. The lowest BCUT2D eigenvalue weighted by Crippen LogP contribution is -1.98. The average molecular weight is 282 g/mol. The summed E-state index contributed by atoms with van der Waals surface area (Å²) in [6.07, 6.45) is 3.14. The summed E-state index contributed by atoms with van der Waals surface area (Å²) in [7, 11) is 1.68. The van der Waals surface area contributed by atoms with Crippen LogP contribution in [0.5, 0.6) is 11.5 Å². The molecule has 0 aromatic heterocycles. The summed E-state index contributed by atoms with van der Waals surface area (Å²) in [6, 6.07) is 16.2. The number of ether oxygens (including phenoxy) is 2. The van der Waals surface area contributed by atoms with Gasteiger partial charge in [0.15, 0.2) is 11.5 Å². The maximum absolute atomic E-state index is 5.87. The zero-order valence-electron chi connectivity index (χ0n) is 12.9. The van der Waals surface area contributed by atoms with Gasteiger partial charge in [0.25, 0.3) is 0 Å².